The summed E-state index contributed by atoms with van der Waals surface area (Å²) in [6.45, 7) is 4.96. The van der Waals surface area contributed by atoms with Gasteiger partial charge in [-0.05, 0) is 30.0 Å². The van der Waals surface area contributed by atoms with Gasteiger partial charge in [0, 0.05) is 13.1 Å². The van der Waals surface area contributed by atoms with Gasteiger partial charge in [-0.25, -0.2) is 0 Å². The summed E-state index contributed by atoms with van der Waals surface area (Å²) in [5, 5.41) is 12.0. The average Bonchev–Trinajstić information content (AvgIpc) is 2.32. The van der Waals surface area contributed by atoms with E-state index in [9.17, 15) is 4.79 Å². The maximum Gasteiger partial charge on any atom is 0.224 e. The van der Waals surface area contributed by atoms with Crippen molar-refractivity contribution >= 4 is 5.91 Å². The van der Waals surface area contributed by atoms with Gasteiger partial charge in [0.2, 0.25) is 5.91 Å². The van der Waals surface area contributed by atoms with Crippen molar-refractivity contribution in [1.29, 1.82) is 0 Å². The van der Waals surface area contributed by atoms with Gasteiger partial charge in [0.1, 0.15) is 5.75 Å². The number of hydrogen-bond donors (Lipinski definition) is 3. The molecule has 18 heavy (non-hydrogen) atoms. The second-order valence-electron chi connectivity index (χ2n) is 4.79. The lowest BCUT2D eigenvalue weighted by Gasteiger charge is -2.18. The quantitative estimate of drug-likeness (QED) is 0.712. The van der Waals surface area contributed by atoms with Crippen LogP contribution in [-0.4, -0.2) is 24.1 Å². The van der Waals surface area contributed by atoms with Crippen molar-refractivity contribution in [1.82, 2.24) is 5.32 Å². The molecular weight excluding hydrogens is 228 g/mol. The van der Waals surface area contributed by atoms with E-state index in [-0.39, 0.29) is 23.5 Å². The number of carbonyl (C=O) groups excluding carboxylic acids is 1. The standard InChI is InChI=1S/C14H22N2O2/c1-10(2)13(9-15)14(18)16-8-7-11-3-5-12(17)6-4-11/h3-6,10,13,17H,7-9,15H2,1-2H3,(H,16,18). The number of nitrogens with two attached hydrogens (primary N) is 1. The fourth-order valence-corrected chi connectivity index (χ4v) is 1.81. The highest BCUT2D eigenvalue weighted by molar-refractivity contribution is 5.79. The Morgan fingerprint density at radius 1 is 1.33 bits per heavy atom. The summed E-state index contributed by atoms with van der Waals surface area (Å²) in [5.74, 6) is 0.408. The average molecular weight is 250 g/mol. The number of hydrogen-bond acceptors (Lipinski definition) is 3. The zero-order chi connectivity index (χ0) is 13.5. The molecule has 100 valence electrons. The van der Waals surface area contributed by atoms with Gasteiger partial charge >= 0.3 is 0 Å². The molecule has 1 aromatic carbocycles. The molecule has 1 rings (SSSR count). The molecule has 1 aromatic rings. The zero-order valence-corrected chi connectivity index (χ0v) is 11.0. The molecule has 0 aliphatic carbocycles. The number of aromatic hydroxyl groups is 1. The number of benzene rings is 1. The lowest BCUT2D eigenvalue weighted by atomic mass is 9.95. The van der Waals surface area contributed by atoms with Gasteiger partial charge in [-0.1, -0.05) is 26.0 Å². The van der Waals surface area contributed by atoms with Crippen LogP contribution in [0, 0.1) is 11.8 Å². The third kappa shape index (κ3) is 4.37. The van der Waals surface area contributed by atoms with Crippen LogP contribution in [-0.2, 0) is 11.2 Å². The largest absolute Gasteiger partial charge is 0.508 e. The number of phenols is 1. The van der Waals surface area contributed by atoms with Crippen LogP contribution in [0.4, 0.5) is 0 Å². The molecule has 1 amide bonds. The second-order valence-corrected chi connectivity index (χ2v) is 4.79. The Balaban J connectivity index is 2.37. The van der Waals surface area contributed by atoms with Crippen LogP contribution in [0.15, 0.2) is 24.3 Å². The summed E-state index contributed by atoms with van der Waals surface area (Å²) in [6.07, 6.45) is 0.751. The van der Waals surface area contributed by atoms with Gasteiger partial charge in [-0.15, -0.1) is 0 Å². The van der Waals surface area contributed by atoms with E-state index in [0.717, 1.165) is 12.0 Å². The molecule has 0 heterocycles. The predicted octanol–water partition coefficient (Wildman–Crippen LogP) is 1.28. The Bertz CT molecular complexity index is 374. The summed E-state index contributed by atoms with van der Waals surface area (Å²) in [7, 11) is 0. The minimum absolute atomic E-state index is 0.0197. The monoisotopic (exact) mass is 250 g/mol. The van der Waals surface area contributed by atoms with E-state index < -0.39 is 0 Å². The maximum atomic E-state index is 11.8. The van der Waals surface area contributed by atoms with Gasteiger partial charge in [-0.2, -0.15) is 0 Å². The molecule has 0 radical (unpaired) electrons. The Labute approximate surface area is 108 Å². The Morgan fingerprint density at radius 3 is 2.44 bits per heavy atom. The van der Waals surface area contributed by atoms with E-state index in [0.29, 0.717) is 13.1 Å². The normalized spacial score (nSPS) is 12.4. The van der Waals surface area contributed by atoms with Crippen molar-refractivity contribution in [3.05, 3.63) is 29.8 Å². The molecule has 0 bridgehead atoms. The molecule has 0 aromatic heterocycles. The van der Waals surface area contributed by atoms with Crippen LogP contribution in [0.2, 0.25) is 0 Å². The SMILES string of the molecule is CC(C)C(CN)C(=O)NCCc1ccc(O)cc1. The van der Waals surface area contributed by atoms with Crippen molar-refractivity contribution < 1.29 is 9.90 Å². The van der Waals surface area contributed by atoms with Gasteiger partial charge in [0.05, 0.1) is 5.92 Å². The van der Waals surface area contributed by atoms with Crippen molar-refractivity contribution in [2.24, 2.45) is 17.6 Å². The third-order valence-electron chi connectivity index (χ3n) is 3.04. The summed E-state index contributed by atoms with van der Waals surface area (Å²) >= 11 is 0. The molecule has 4 nitrogen and oxygen atoms in total. The Kier molecular flexibility index (Phi) is 5.65. The lowest BCUT2D eigenvalue weighted by molar-refractivity contribution is -0.125. The van der Waals surface area contributed by atoms with Gasteiger partial charge in [0.25, 0.3) is 0 Å². The molecule has 0 aliphatic rings. The molecule has 0 fully saturated rings. The highest BCUT2D eigenvalue weighted by Crippen LogP contribution is 2.11. The topological polar surface area (TPSA) is 75.4 Å². The third-order valence-corrected chi connectivity index (χ3v) is 3.04. The first-order valence-electron chi connectivity index (χ1n) is 6.30. The van der Waals surface area contributed by atoms with Crippen LogP contribution >= 0.6 is 0 Å². The Morgan fingerprint density at radius 2 is 1.94 bits per heavy atom. The smallest absolute Gasteiger partial charge is 0.224 e. The van der Waals surface area contributed by atoms with E-state index in [1.165, 1.54) is 0 Å². The highest BCUT2D eigenvalue weighted by atomic mass is 16.3. The maximum absolute atomic E-state index is 11.8. The van der Waals surface area contributed by atoms with Crippen molar-refractivity contribution in [2.45, 2.75) is 20.3 Å². The first kappa shape index (κ1) is 14.5. The summed E-state index contributed by atoms with van der Waals surface area (Å²) in [5.41, 5.74) is 6.67. The lowest BCUT2D eigenvalue weighted by Crippen LogP contribution is -2.38. The van der Waals surface area contributed by atoms with Crippen LogP contribution < -0.4 is 11.1 Å². The number of phenolic OH excluding ortho intramolecular Hbond substituents is 1. The van der Waals surface area contributed by atoms with Gasteiger partial charge < -0.3 is 16.2 Å². The fourth-order valence-electron chi connectivity index (χ4n) is 1.81. The second kappa shape index (κ2) is 7.01. The molecule has 0 saturated heterocycles. The van der Waals surface area contributed by atoms with E-state index in [1.54, 1.807) is 12.1 Å². The Hall–Kier alpha value is -1.55. The summed E-state index contributed by atoms with van der Waals surface area (Å²) < 4.78 is 0. The highest BCUT2D eigenvalue weighted by Gasteiger charge is 2.19. The zero-order valence-electron chi connectivity index (χ0n) is 11.0. The number of carbonyl (C=O) groups is 1. The van der Waals surface area contributed by atoms with E-state index in [1.807, 2.05) is 26.0 Å². The summed E-state index contributed by atoms with van der Waals surface area (Å²) in [6, 6.07) is 7.00. The van der Waals surface area contributed by atoms with Crippen LogP contribution in [0.3, 0.4) is 0 Å². The molecule has 1 unspecified atom stereocenters. The molecule has 4 N–H and O–H groups in total. The van der Waals surface area contributed by atoms with Crippen LogP contribution in [0.5, 0.6) is 5.75 Å². The van der Waals surface area contributed by atoms with E-state index >= 15 is 0 Å². The van der Waals surface area contributed by atoms with E-state index in [2.05, 4.69) is 5.32 Å². The first-order chi connectivity index (χ1) is 8.54. The van der Waals surface area contributed by atoms with Crippen molar-refractivity contribution in [3.8, 4) is 5.75 Å². The molecule has 0 spiro atoms. The number of nitrogens with one attached hydrogen (secondary N) is 1. The number of rotatable bonds is 6. The van der Waals surface area contributed by atoms with Gasteiger partial charge in [-0.3, -0.25) is 4.79 Å². The minimum atomic E-state index is -0.121. The molecule has 0 aliphatic heterocycles. The van der Waals surface area contributed by atoms with Crippen LogP contribution in [0.25, 0.3) is 0 Å². The van der Waals surface area contributed by atoms with Crippen molar-refractivity contribution in [2.75, 3.05) is 13.1 Å². The molecular formula is C14H22N2O2. The fraction of sp³-hybridized carbons (Fsp3) is 0.500. The minimum Gasteiger partial charge on any atom is -0.508 e. The predicted molar refractivity (Wildman–Crippen MR) is 72.2 cm³/mol. The van der Waals surface area contributed by atoms with Crippen LogP contribution in [0.1, 0.15) is 19.4 Å². The molecule has 0 saturated carbocycles. The molecule has 4 heteroatoms. The van der Waals surface area contributed by atoms with E-state index in [4.69, 9.17) is 10.8 Å². The number of amides is 1. The van der Waals surface area contributed by atoms with Crippen molar-refractivity contribution in [3.63, 3.8) is 0 Å². The first-order valence-corrected chi connectivity index (χ1v) is 6.30. The molecule has 1 atom stereocenters. The summed E-state index contributed by atoms with van der Waals surface area (Å²) in [4.78, 5) is 11.8. The van der Waals surface area contributed by atoms with Gasteiger partial charge in [0.15, 0.2) is 0 Å².